The molecule has 7 nitrogen and oxygen atoms in total. The molecule has 0 bridgehead atoms. The molecule has 4 rings (SSSR count). The predicted molar refractivity (Wildman–Crippen MR) is 129 cm³/mol. The van der Waals surface area contributed by atoms with E-state index in [1.807, 2.05) is 18.2 Å². The number of pyridine rings is 1. The van der Waals surface area contributed by atoms with Crippen molar-refractivity contribution in [3.05, 3.63) is 78.1 Å². The number of methoxy groups -OCH3 is 1. The lowest BCUT2D eigenvalue weighted by Gasteiger charge is -2.20. The van der Waals surface area contributed by atoms with Crippen LogP contribution < -0.4 is 9.64 Å². The Balaban J connectivity index is 1.69. The van der Waals surface area contributed by atoms with Crippen molar-refractivity contribution in [1.82, 2.24) is 9.97 Å². The highest BCUT2D eigenvalue weighted by Crippen LogP contribution is 2.32. The van der Waals surface area contributed by atoms with Crippen molar-refractivity contribution in [2.45, 2.75) is 24.8 Å². The minimum absolute atomic E-state index is 0.0677. The number of hydrogen-bond acceptors (Lipinski definition) is 7. The maximum atomic E-state index is 13.4. The van der Waals surface area contributed by atoms with Crippen LogP contribution >= 0.6 is 11.3 Å². The van der Waals surface area contributed by atoms with Gasteiger partial charge in [-0.2, -0.15) is 0 Å². The van der Waals surface area contributed by atoms with Crippen molar-refractivity contribution in [3.63, 3.8) is 0 Å². The van der Waals surface area contributed by atoms with Gasteiger partial charge in [0, 0.05) is 12.4 Å². The Bertz CT molecular complexity index is 1370. The molecule has 1 amide bonds. The summed E-state index contributed by atoms with van der Waals surface area (Å²) >= 11 is 1.38. The predicted octanol–water partition coefficient (Wildman–Crippen LogP) is 4.27. The highest BCUT2D eigenvalue weighted by molar-refractivity contribution is 7.92. The average molecular weight is 482 g/mol. The number of fused-ring (bicyclic) bond motifs is 1. The van der Waals surface area contributed by atoms with E-state index in [0.29, 0.717) is 10.9 Å². The summed E-state index contributed by atoms with van der Waals surface area (Å²) in [6.45, 7) is 2.25. The minimum atomic E-state index is -3.85. The van der Waals surface area contributed by atoms with E-state index in [1.165, 1.54) is 35.5 Å². The molecule has 4 aromatic rings. The molecule has 2 aromatic heterocycles. The Morgan fingerprint density at radius 1 is 1.06 bits per heavy atom. The molecule has 9 heteroatoms. The van der Waals surface area contributed by atoms with Crippen LogP contribution in [-0.2, 0) is 27.6 Å². The van der Waals surface area contributed by atoms with Crippen molar-refractivity contribution in [1.29, 1.82) is 0 Å². The lowest BCUT2D eigenvalue weighted by Crippen LogP contribution is -2.35. The van der Waals surface area contributed by atoms with Gasteiger partial charge in [-0.05, 0) is 60.0 Å². The number of aromatic nitrogens is 2. The van der Waals surface area contributed by atoms with E-state index in [1.54, 1.807) is 36.7 Å². The van der Waals surface area contributed by atoms with E-state index in [0.717, 1.165) is 27.8 Å². The van der Waals surface area contributed by atoms with Gasteiger partial charge in [0.2, 0.25) is 5.91 Å². The first-order valence-electron chi connectivity index (χ1n) is 10.4. The van der Waals surface area contributed by atoms with Crippen LogP contribution in [0, 0.1) is 0 Å². The van der Waals surface area contributed by atoms with Crippen molar-refractivity contribution in [3.8, 4) is 5.75 Å². The molecule has 0 aliphatic carbocycles. The molecule has 0 unspecified atom stereocenters. The summed E-state index contributed by atoms with van der Waals surface area (Å²) in [5.41, 5.74) is 2.75. The molecule has 0 saturated heterocycles. The fourth-order valence-corrected chi connectivity index (χ4v) is 5.66. The van der Waals surface area contributed by atoms with Crippen LogP contribution in [0.2, 0.25) is 0 Å². The molecule has 33 heavy (non-hydrogen) atoms. The summed E-state index contributed by atoms with van der Waals surface area (Å²) in [6, 6.07) is 15.5. The number of amides is 1. The molecule has 0 N–H and O–H groups in total. The van der Waals surface area contributed by atoms with Gasteiger partial charge in [0.15, 0.2) is 15.0 Å². The first kappa shape index (κ1) is 22.9. The number of benzene rings is 2. The zero-order valence-electron chi connectivity index (χ0n) is 18.3. The van der Waals surface area contributed by atoms with E-state index in [4.69, 9.17) is 9.72 Å². The van der Waals surface area contributed by atoms with Gasteiger partial charge >= 0.3 is 0 Å². The van der Waals surface area contributed by atoms with E-state index in [-0.39, 0.29) is 11.4 Å². The van der Waals surface area contributed by atoms with Crippen LogP contribution in [0.15, 0.2) is 71.9 Å². The first-order valence-corrected chi connectivity index (χ1v) is 12.8. The van der Waals surface area contributed by atoms with Crippen LogP contribution in [0.5, 0.6) is 5.75 Å². The van der Waals surface area contributed by atoms with E-state index in [2.05, 4.69) is 11.9 Å². The maximum absolute atomic E-state index is 13.4. The highest BCUT2D eigenvalue weighted by Gasteiger charge is 2.27. The molecule has 170 valence electrons. The maximum Gasteiger partial charge on any atom is 0.244 e. The van der Waals surface area contributed by atoms with Crippen molar-refractivity contribution >= 4 is 42.4 Å². The van der Waals surface area contributed by atoms with Crippen molar-refractivity contribution in [2.24, 2.45) is 0 Å². The second kappa shape index (κ2) is 9.68. The number of rotatable bonds is 8. The Kier molecular flexibility index (Phi) is 6.71. The second-order valence-electron chi connectivity index (χ2n) is 7.38. The van der Waals surface area contributed by atoms with Crippen LogP contribution in [0.4, 0.5) is 5.13 Å². The Hall–Kier alpha value is -3.30. The Morgan fingerprint density at radius 2 is 1.79 bits per heavy atom. The molecule has 0 aliphatic heterocycles. The van der Waals surface area contributed by atoms with Crippen LogP contribution in [0.1, 0.15) is 18.1 Å². The van der Waals surface area contributed by atoms with Gasteiger partial charge < -0.3 is 4.74 Å². The molecule has 0 spiro atoms. The van der Waals surface area contributed by atoms with Gasteiger partial charge in [-0.15, -0.1) is 0 Å². The Labute approximate surface area is 196 Å². The van der Waals surface area contributed by atoms with E-state index >= 15 is 0 Å². The standard InChI is InChI=1S/C24H23N3O4S2/c1-3-18-5-4-6-21-23(18)26-24(32-21)27(15-17-11-13-25-14-12-17)22(28)16-33(29,30)20-9-7-19(31-2)8-10-20/h4-14H,3,15-16H2,1-2H3. The lowest BCUT2D eigenvalue weighted by molar-refractivity contribution is -0.116. The molecule has 0 atom stereocenters. The summed E-state index contributed by atoms with van der Waals surface area (Å²) in [7, 11) is -2.35. The van der Waals surface area contributed by atoms with Gasteiger partial charge in [-0.3, -0.25) is 14.7 Å². The summed E-state index contributed by atoms with van der Waals surface area (Å²) in [5, 5.41) is 0.470. The Morgan fingerprint density at radius 3 is 2.45 bits per heavy atom. The molecule has 2 heterocycles. The van der Waals surface area contributed by atoms with Crippen molar-refractivity contribution in [2.75, 3.05) is 17.8 Å². The average Bonchev–Trinajstić information content (AvgIpc) is 3.27. The first-order chi connectivity index (χ1) is 15.9. The topological polar surface area (TPSA) is 89.5 Å². The number of nitrogens with zero attached hydrogens (tertiary/aromatic N) is 3. The molecule has 0 saturated carbocycles. The summed E-state index contributed by atoms with van der Waals surface area (Å²) < 4.78 is 32.0. The molecule has 0 radical (unpaired) electrons. The molecule has 0 fully saturated rings. The van der Waals surface area contributed by atoms with E-state index in [9.17, 15) is 13.2 Å². The fourth-order valence-electron chi connectivity index (χ4n) is 3.43. The van der Waals surface area contributed by atoms with Crippen LogP contribution in [0.25, 0.3) is 10.2 Å². The summed E-state index contributed by atoms with van der Waals surface area (Å²) in [5.74, 6) is -0.665. The number of sulfone groups is 1. The normalized spacial score (nSPS) is 11.5. The third kappa shape index (κ3) is 5.04. The number of aryl methyl sites for hydroxylation is 1. The number of ether oxygens (including phenoxy) is 1. The zero-order valence-corrected chi connectivity index (χ0v) is 19.9. The lowest BCUT2D eigenvalue weighted by atomic mass is 10.1. The van der Waals surface area contributed by atoms with E-state index < -0.39 is 21.5 Å². The van der Waals surface area contributed by atoms with Crippen LogP contribution in [0.3, 0.4) is 0 Å². The number of hydrogen-bond donors (Lipinski definition) is 0. The van der Waals surface area contributed by atoms with Gasteiger partial charge in [0.25, 0.3) is 0 Å². The van der Waals surface area contributed by atoms with Gasteiger partial charge in [-0.25, -0.2) is 13.4 Å². The minimum Gasteiger partial charge on any atom is -0.497 e. The van der Waals surface area contributed by atoms with Crippen molar-refractivity contribution < 1.29 is 17.9 Å². The fraction of sp³-hybridized carbons (Fsp3) is 0.208. The van der Waals surface area contributed by atoms with Crippen LogP contribution in [-0.4, -0.2) is 37.2 Å². The third-order valence-corrected chi connectivity index (χ3v) is 7.89. The molecule has 0 aliphatic rings. The highest BCUT2D eigenvalue weighted by atomic mass is 32.2. The zero-order chi connectivity index (χ0) is 23.4. The molecular weight excluding hydrogens is 458 g/mol. The smallest absolute Gasteiger partial charge is 0.244 e. The monoisotopic (exact) mass is 481 g/mol. The van der Waals surface area contributed by atoms with Gasteiger partial charge in [0.1, 0.15) is 11.5 Å². The number of para-hydroxylation sites is 1. The largest absolute Gasteiger partial charge is 0.497 e. The summed E-state index contributed by atoms with van der Waals surface area (Å²) in [4.78, 5) is 23.6. The summed E-state index contributed by atoms with van der Waals surface area (Å²) in [6.07, 6.45) is 4.09. The third-order valence-electron chi connectivity index (χ3n) is 5.23. The number of anilines is 1. The second-order valence-corrected chi connectivity index (χ2v) is 10.4. The SMILES string of the molecule is CCc1cccc2sc(N(Cc3ccncc3)C(=O)CS(=O)(=O)c3ccc(OC)cc3)nc12. The van der Waals surface area contributed by atoms with Gasteiger partial charge in [0.05, 0.1) is 28.8 Å². The van der Waals surface area contributed by atoms with Gasteiger partial charge in [-0.1, -0.05) is 30.4 Å². The molecular formula is C24H23N3O4S2. The number of carbonyl (C=O) groups is 1. The molecule has 2 aromatic carbocycles. The number of carbonyl (C=O) groups excluding carboxylic acids is 1. The quantitative estimate of drug-likeness (QED) is 0.373. The number of thiazole rings is 1.